The molecule has 1 N–H and O–H groups in total. The van der Waals surface area contributed by atoms with Gasteiger partial charge in [-0.2, -0.15) is 4.99 Å². The smallest absolute Gasteiger partial charge is 0.497 e. The third-order valence-corrected chi connectivity index (χ3v) is 7.78. The van der Waals surface area contributed by atoms with Crippen molar-refractivity contribution < 1.29 is 27.4 Å². The second-order valence-electron chi connectivity index (χ2n) is 10.2. The van der Waals surface area contributed by atoms with Gasteiger partial charge in [-0.15, -0.1) is 18.3 Å². The Kier molecular flexibility index (Phi) is 9.43. The molecule has 0 bridgehead atoms. The molecule has 2 amide bonds. The van der Waals surface area contributed by atoms with Gasteiger partial charge in [-0.05, 0) is 59.9 Å². The topological polar surface area (TPSA) is 93.9 Å². The number of nitrogens with zero attached hydrogens (tertiary/aromatic N) is 5. The molecule has 13 heteroatoms. The minimum absolute atomic E-state index is 0.296. The van der Waals surface area contributed by atoms with Crippen LogP contribution in [0.1, 0.15) is 30.9 Å². The molecule has 1 fully saturated rings. The third-order valence-electron chi connectivity index (χ3n) is 6.83. The van der Waals surface area contributed by atoms with Crippen molar-refractivity contribution in [3.63, 3.8) is 0 Å². The van der Waals surface area contributed by atoms with Gasteiger partial charge in [-0.25, -0.2) is 14.5 Å². The summed E-state index contributed by atoms with van der Waals surface area (Å²) in [5, 5.41) is 8.00. The summed E-state index contributed by atoms with van der Waals surface area (Å²) in [6.07, 6.45) is -2.70. The molecule has 0 saturated carbocycles. The molecule has 5 rings (SSSR count). The van der Waals surface area contributed by atoms with Crippen molar-refractivity contribution in [3.05, 3.63) is 84.2 Å². The van der Waals surface area contributed by atoms with Gasteiger partial charge in [-0.1, -0.05) is 49.9 Å². The number of amides is 2. The lowest BCUT2D eigenvalue weighted by molar-refractivity contribution is -0.274. The van der Waals surface area contributed by atoms with E-state index in [4.69, 9.17) is 4.74 Å². The highest BCUT2D eigenvalue weighted by Crippen LogP contribution is 2.35. The molecule has 2 heterocycles. The zero-order chi connectivity index (χ0) is 31.3. The number of anilines is 1. The largest absolute Gasteiger partial charge is 0.573 e. The van der Waals surface area contributed by atoms with E-state index in [0.717, 1.165) is 40.4 Å². The van der Waals surface area contributed by atoms with Gasteiger partial charge in [0, 0.05) is 36.2 Å². The summed E-state index contributed by atoms with van der Waals surface area (Å²) in [5.74, 6) is 2.01. The molecule has 1 aromatic heterocycles. The van der Waals surface area contributed by atoms with Gasteiger partial charge in [0.1, 0.15) is 17.8 Å². The number of aromatic nitrogens is 3. The predicted octanol–water partition coefficient (Wildman–Crippen LogP) is 6.83. The monoisotopic (exact) mass is 624 g/mol. The number of ether oxygens (including phenoxy) is 2. The van der Waals surface area contributed by atoms with Crippen molar-refractivity contribution in [1.82, 2.24) is 20.1 Å². The number of urea groups is 1. The van der Waals surface area contributed by atoms with Crippen LogP contribution in [-0.2, 0) is 6.42 Å². The maximum atomic E-state index is 12.8. The van der Waals surface area contributed by atoms with Gasteiger partial charge in [0.05, 0.1) is 12.8 Å². The lowest BCUT2D eigenvalue weighted by Gasteiger charge is -2.23. The van der Waals surface area contributed by atoms with Crippen molar-refractivity contribution in [3.8, 4) is 28.6 Å². The van der Waals surface area contributed by atoms with Crippen LogP contribution >= 0.6 is 11.8 Å². The Morgan fingerprint density at radius 1 is 1.09 bits per heavy atom. The van der Waals surface area contributed by atoms with E-state index >= 15 is 0 Å². The fourth-order valence-corrected chi connectivity index (χ4v) is 5.67. The summed E-state index contributed by atoms with van der Waals surface area (Å²) in [5.41, 5.74) is 4.42. The number of rotatable bonds is 9. The summed E-state index contributed by atoms with van der Waals surface area (Å²) >= 11 is 1.55. The van der Waals surface area contributed by atoms with Crippen molar-refractivity contribution in [2.75, 3.05) is 30.9 Å². The number of nitrogens with one attached hydrogen (secondary N) is 1. The predicted molar refractivity (Wildman–Crippen MR) is 165 cm³/mol. The molecular formula is C31H31F3N6O3S. The average Bonchev–Trinajstić information content (AvgIpc) is 3.67. The minimum atomic E-state index is -4.76. The molecule has 0 aliphatic carbocycles. The second kappa shape index (κ2) is 13.4. The van der Waals surface area contributed by atoms with Crippen molar-refractivity contribution >= 4 is 28.6 Å². The lowest BCUT2D eigenvalue weighted by atomic mass is 10.00. The van der Waals surface area contributed by atoms with Crippen LogP contribution in [0.5, 0.6) is 11.5 Å². The number of carbonyl (C=O) groups excluding carboxylic acids is 1. The Labute approximate surface area is 257 Å². The van der Waals surface area contributed by atoms with E-state index in [-0.39, 0.29) is 5.75 Å². The number of hydrogen-bond donors (Lipinski definition) is 1. The number of amidine groups is 1. The number of alkyl halides is 3. The molecule has 3 aromatic carbocycles. The van der Waals surface area contributed by atoms with Crippen LogP contribution in [0, 0.1) is 0 Å². The zero-order valence-corrected chi connectivity index (χ0v) is 25.2. The van der Waals surface area contributed by atoms with E-state index in [1.165, 1.54) is 35.3 Å². The molecule has 44 heavy (non-hydrogen) atoms. The van der Waals surface area contributed by atoms with E-state index in [1.807, 2.05) is 36.4 Å². The Balaban J connectivity index is 1.20. The van der Waals surface area contributed by atoms with Gasteiger partial charge in [0.2, 0.25) is 0 Å². The van der Waals surface area contributed by atoms with Gasteiger partial charge in [-0.3, -0.25) is 0 Å². The average molecular weight is 625 g/mol. The van der Waals surface area contributed by atoms with Crippen LogP contribution in [0.3, 0.4) is 0 Å². The van der Waals surface area contributed by atoms with Crippen LogP contribution in [0.2, 0.25) is 0 Å². The maximum Gasteiger partial charge on any atom is 0.573 e. The Morgan fingerprint density at radius 2 is 1.86 bits per heavy atom. The number of benzene rings is 3. The standard InChI is InChI=1S/C31H31F3N6O3S/c1-20(2)26-12-11-25(42-3)18-27(26)39-15-16-44-30(39)37-29(41)35-14-13-21-5-4-6-22(17-21)28-36-19-40(38-28)23-7-9-24(10-8-23)43-31(32,33)34/h4-12,17-20H,13-16H2,1-3H3,(H,35,41). The molecule has 9 nitrogen and oxygen atoms in total. The second-order valence-corrected chi connectivity index (χ2v) is 11.3. The number of methoxy groups -OCH3 is 1. The Bertz CT molecular complexity index is 1640. The van der Waals surface area contributed by atoms with Crippen LogP contribution in [0.15, 0.2) is 78.0 Å². The van der Waals surface area contributed by atoms with Crippen molar-refractivity contribution in [1.29, 1.82) is 0 Å². The maximum absolute atomic E-state index is 12.8. The molecule has 0 unspecified atom stereocenters. The molecule has 1 saturated heterocycles. The van der Waals surface area contributed by atoms with E-state index < -0.39 is 12.4 Å². The molecule has 0 atom stereocenters. The highest BCUT2D eigenvalue weighted by Gasteiger charge is 2.31. The van der Waals surface area contributed by atoms with Gasteiger partial charge in [0.25, 0.3) is 0 Å². The number of hydrogen-bond acceptors (Lipinski definition) is 6. The fourth-order valence-electron chi connectivity index (χ4n) is 4.72. The first-order valence-electron chi connectivity index (χ1n) is 13.9. The first kappa shape index (κ1) is 30.9. The fraction of sp³-hybridized carbons (Fsp3) is 0.290. The number of aliphatic imine (C=N–C) groups is 1. The first-order valence-corrected chi connectivity index (χ1v) is 14.9. The van der Waals surface area contributed by atoms with E-state index in [9.17, 15) is 18.0 Å². The van der Waals surface area contributed by atoms with Crippen LogP contribution in [0.4, 0.5) is 23.7 Å². The highest BCUT2D eigenvalue weighted by molar-refractivity contribution is 8.14. The molecule has 1 aliphatic heterocycles. The normalized spacial score (nSPS) is 14.3. The molecular weight excluding hydrogens is 593 g/mol. The van der Waals surface area contributed by atoms with Crippen LogP contribution in [0.25, 0.3) is 17.1 Å². The molecule has 0 radical (unpaired) electrons. The minimum Gasteiger partial charge on any atom is -0.497 e. The van der Waals surface area contributed by atoms with Crippen LogP contribution < -0.4 is 19.7 Å². The van der Waals surface area contributed by atoms with E-state index in [1.54, 1.807) is 18.9 Å². The first-order chi connectivity index (χ1) is 21.1. The highest BCUT2D eigenvalue weighted by atomic mass is 32.2. The summed E-state index contributed by atoms with van der Waals surface area (Å²) in [7, 11) is 1.64. The van der Waals surface area contributed by atoms with Gasteiger partial charge in [0.15, 0.2) is 11.0 Å². The summed E-state index contributed by atoms with van der Waals surface area (Å²) in [6.45, 7) is 5.40. The quantitative estimate of drug-likeness (QED) is 0.218. The van der Waals surface area contributed by atoms with E-state index in [2.05, 4.69) is 49.9 Å². The SMILES string of the molecule is COc1ccc(C(C)C)c(N2CCSC2=NC(=O)NCCc2cccc(-c3ncn(-c4ccc(OC(F)(F)F)cc4)n3)c2)c1. The van der Waals surface area contributed by atoms with Gasteiger partial charge >= 0.3 is 12.4 Å². The van der Waals surface area contributed by atoms with Crippen molar-refractivity contribution in [2.24, 2.45) is 4.99 Å². The van der Waals surface area contributed by atoms with Crippen molar-refractivity contribution in [2.45, 2.75) is 32.5 Å². The molecule has 4 aromatic rings. The zero-order valence-electron chi connectivity index (χ0n) is 24.3. The Hall–Kier alpha value is -4.52. The number of carbonyl (C=O) groups is 1. The summed E-state index contributed by atoms with van der Waals surface area (Å²) in [4.78, 5) is 23.6. The lowest BCUT2D eigenvalue weighted by Crippen LogP contribution is -2.29. The van der Waals surface area contributed by atoms with Gasteiger partial charge < -0.3 is 19.7 Å². The van der Waals surface area contributed by atoms with Crippen LogP contribution in [-0.4, -0.2) is 58.3 Å². The summed E-state index contributed by atoms with van der Waals surface area (Å²) < 4.78 is 48.1. The number of halogens is 3. The number of thioether (sulfide) groups is 1. The Morgan fingerprint density at radius 3 is 2.59 bits per heavy atom. The molecule has 230 valence electrons. The molecule has 1 aliphatic rings. The van der Waals surface area contributed by atoms with E-state index in [0.29, 0.717) is 35.6 Å². The third kappa shape index (κ3) is 7.70. The summed E-state index contributed by atoms with van der Waals surface area (Å²) in [6, 6.07) is 18.6. The molecule has 0 spiro atoms.